The predicted octanol–water partition coefficient (Wildman–Crippen LogP) is 1.99. The normalized spacial score (nSPS) is 23.1. The lowest BCUT2D eigenvalue weighted by molar-refractivity contribution is -0.0450. The van der Waals surface area contributed by atoms with E-state index in [1.807, 2.05) is 7.05 Å². The molecule has 2 rings (SSSR count). The molecule has 1 fully saturated rings. The summed E-state index contributed by atoms with van der Waals surface area (Å²) in [6, 6.07) is 2.63. The summed E-state index contributed by atoms with van der Waals surface area (Å²) in [4.78, 5) is 2.52. The van der Waals surface area contributed by atoms with E-state index in [4.69, 9.17) is 4.74 Å². The monoisotopic (exact) mass is 268 g/mol. The van der Waals surface area contributed by atoms with Gasteiger partial charge in [-0.05, 0) is 48.8 Å². The van der Waals surface area contributed by atoms with Gasteiger partial charge in [-0.2, -0.15) is 11.3 Å². The van der Waals surface area contributed by atoms with Crippen LogP contribution in [0.3, 0.4) is 0 Å². The van der Waals surface area contributed by atoms with E-state index in [-0.39, 0.29) is 0 Å². The van der Waals surface area contributed by atoms with Crippen molar-refractivity contribution in [1.82, 2.24) is 10.2 Å². The summed E-state index contributed by atoms with van der Waals surface area (Å²) < 4.78 is 5.96. The second-order valence-electron chi connectivity index (χ2n) is 4.94. The van der Waals surface area contributed by atoms with Gasteiger partial charge in [0.15, 0.2) is 0 Å². The second-order valence-corrected chi connectivity index (χ2v) is 5.72. The minimum Gasteiger partial charge on any atom is -0.374 e. The lowest BCUT2D eigenvalue weighted by Crippen LogP contribution is -2.52. The minimum atomic E-state index is 0.315. The molecule has 0 spiro atoms. The third kappa shape index (κ3) is 3.79. The van der Waals surface area contributed by atoms with Crippen LogP contribution in [0.2, 0.25) is 0 Å². The number of morpholine rings is 1. The first kappa shape index (κ1) is 14.0. The van der Waals surface area contributed by atoms with E-state index in [0.29, 0.717) is 12.1 Å². The van der Waals surface area contributed by atoms with Gasteiger partial charge in [0.1, 0.15) is 0 Å². The van der Waals surface area contributed by atoms with Crippen LogP contribution in [0.15, 0.2) is 16.8 Å². The van der Waals surface area contributed by atoms with Crippen LogP contribution in [0.4, 0.5) is 0 Å². The molecule has 102 valence electrons. The predicted molar refractivity (Wildman–Crippen MR) is 77.3 cm³/mol. The molecule has 1 aliphatic rings. The van der Waals surface area contributed by atoms with Gasteiger partial charge in [-0.1, -0.05) is 6.92 Å². The maximum absolute atomic E-state index is 5.96. The topological polar surface area (TPSA) is 24.5 Å². The van der Waals surface area contributed by atoms with E-state index in [2.05, 4.69) is 34.0 Å². The summed E-state index contributed by atoms with van der Waals surface area (Å²) in [5.41, 5.74) is 1.41. The molecule has 2 heterocycles. The number of nitrogens with one attached hydrogen (secondary N) is 1. The van der Waals surface area contributed by atoms with Crippen molar-refractivity contribution in [3.63, 3.8) is 0 Å². The standard InChI is InChI=1S/C14H24N2OS/c1-3-5-16-6-7-17-14(10-16)13(15-2)9-12-4-8-18-11-12/h4,8,11,13-15H,3,5-7,9-10H2,1-2H3. The van der Waals surface area contributed by atoms with Gasteiger partial charge in [0.2, 0.25) is 0 Å². The molecule has 18 heavy (non-hydrogen) atoms. The summed E-state index contributed by atoms with van der Waals surface area (Å²) in [5.74, 6) is 0. The Morgan fingerprint density at radius 3 is 3.17 bits per heavy atom. The summed E-state index contributed by atoms with van der Waals surface area (Å²) in [7, 11) is 2.04. The first-order chi connectivity index (χ1) is 8.83. The highest BCUT2D eigenvalue weighted by molar-refractivity contribution is 7.07. The van der Waals surface area contributed by atoms with Crippen LogP contribution in [0.5, 0.6) is 0 Å². The lowest BCUT2D eigenvalue weighted by atomic mass is 10.0. The van der Waals surface area contributed by atoms with Crippen LogP contribution < -0.4 is 5.32 Å². The maximum Gasteiger partial charge on any atom is 0.0858 e. The number of hydrogen-bond acceptors (Lipinski definition) is 4. The van der Waals surface area contributed by atoms with Gasteiger partial charge >= 0.3 is 0 Å². The summed E-state index contributed by atoms with van der Waals surface area (Å²) in [5, 5.41) is 7.80. The zero-order valence-corrected chi connectivity index (χ0v) is 12.2. The lowest BCUT2D eigenvalue weighted by Gasteiger charge is -2.36. The van der Waals surface area contributed by atoms with Crippen molar-refractivity contribution >= 4 is 11.3 Å². The Morgan fingerprint density at radius 2 is 2.50 bits per heavy atom. The molecule has 0 saturated carbocycles. The molecule has 1 aromatic rings. The van der Waals surface area contributed by atoms with E-state index in [1.165, 1.54) is 18.5 Å². The molecule has 0 amide bonds. The average Bonchev–Trinajstić information content (AvgIpc) is 2.89. The average molecular weight is 268 g/mol. The molecule has 2 atom stereocenters. The molecule has 0 bridgehead atoms. The maximum atomic E-state index is 5.96. The molecular formula is C14H24N2OS. The number of likely N-dealkylation sites (N-methyl/N-ethyl adjacent to an activating group) is 1. The molecule has 0 aliphatic carbocycles. The van der Waals surface area contributed by atoms with Crippen molar-refractivity contribution in [3.05, 3.63) is 22.4 Å². The zero-order valence-electron chi connectivity index (χ0n) is 11.4. The minimum absolute atomic E-state index is 0.315. The van der Waals surface area contributed by atoms with Gasteiger partial charge in [-0.25, -0.2) is 0 Å². The first-order valence-corrected chi connectivity index (χ1v) is 7.80. The summed E-state index contributed by atoms with van der Waals surface area (Å²) in [6.45, 7) is 6.44. The Morgan fingerprint density at radius 1 is 1.61 bits per heavy atom. The molecule has 2 unspecified atom stereocenters. The second kappa shape index (κ2) is 7.24. The number of ether oxygens (including phenoxy) is 1. The van der Waals surface area contributed by atoms with Crippen LogP contribution >= 0.6 is 11.3 Å². The van der Waals surface area contributed by atoms with Gasteiger partial charge in [0.05, 0.1) is 12.7 Å². The molecule has 0 radical (unpaired) electrons. The number of nitrogens with zero attached hydrogens (tertiary/aromatic N) is 1. The molecule has 1 N–H and O–H groups in total. The molecule has 1 aromatic heterocycles. The van der Waals surface area contributed by atoms with Gasteiger partial charge in [-0.15, -0.1) is 0 Å². The Balaban J connectivity index is 1.90. The fourth-order valence-electron chi connectivity index (χ4n) is 2.58. The van der Waals surface area contributed by atoms with E-state index in [9.17, 15) is 0 Å². The van der Waals surface area contributed by atoms with Crippen molar-refractivity contribution < 1.29 is 4.74 Å². The summed E-state index contributed by atoms with van der Waals surface area (Å²) >= 11 is 1.77. The third-order valence-electron chi connectivity index (χ3n) is 3.57. The molecule has 1 saturated heterocycles. The van der Waals surface area contributed by atoms with Crippen molar-refractivity contribution in [2.45, 2.75) is 31.9 Å². The number of hydrogen-bond donors (Lipinski definition) is 1. The highest BCUT2D eigenvalue weighted by Crippen LogP contribution is 2.15. The van der Waals surface area contributed by atoms with E-state index in [1.54, 1.807) is 11.3 Å². The van der Waals surface area contributed by atoms with Crippen LogP contribution in [0.1, 0.15) is 18.9 Å². The molecule has 1 aliphatic heterocycles. The van der Waals surface area contributed by atoms with Gasteiger partial charge in [0.25, 0.3) is 0 Å². The van der Waals surface area contributed by atoms with Crippen molar-refractivity contribution in [2.75, 3.05) is 33.3 Å². The van der Waals surface area contributed by atoms with Crippen molar-refractivity contribution in [1.29, 1.82) is 0 Å². The molecule has 4 heteroatoms. The van der Waals surface area contributed by atoms with E-state index in [0.717, 1.165) is 26.1 Å². The van der Waals surface area contributed by atoms with Crippen LogP contribution in [-0.4, -0.2) is 50.3 Å². The van der Waals surface area contributed by atoms with Crippen LogP contribution in [0.25, 0.3) is 0 Å². The molecule has 3 nitrogen and oxygen atoms in total. The Bertz CT molecular complexity index is 327. The highest BCUT2D eigenvalue weighted by atomic mass is 32.1. The molecule has 0 aromatic carbocycles. The first-order valence-electron chi connectivity index (χ1n) is 6.85. The van der Waals surface area contributed by atoms with Crippen LogP contribution in [0, 0.1) is 0 Å². The Hall–Kier alpha value is -0.420. The molecular weight excluding hydrogens is 244 g/mol. The Labute approximate surface area is 114 Å². The van der Waals surface area contributed by atoms with E-state index >= 15 is 0 Å². The number of thiophene rings is 1. The van der Waals surface area contributed by atoms with Crippen molar-refractivity contribution in [2.24, 2.45) is 0 Å². The van der Waals surface area contributed by atoms with Crippen molar-refractivity contribution in [3.8, 4) is 0 Å². The largest absolute Gasteiger partial charge is 0.374 e. The zero-order chi connectivity index (χ0) is 12.8. The smallest absolute Gasteiger partial charge is 0.0858 e. The highest BCUT2D eigenvalue weighted by Gasteiger charge is 2.26. The summed E-state index contributed by atoms with van der Waals surface area (Å²) in [6.07, 6.45) is 2.60. The van der Waals surface area contributed by atoms with Gasteiger partial charge in [-0.3, -0.25) is 4.90 Å². The fraction of sp³-hybridized carbons (Fsp3) is 0.714. The third-order valence-corrected chi connectivity index (χ3v) is 4.30. The van der Waals surface area contributed by atoms with Gasteiger partial charge < -0.3 is 10.1 Å². The SMILES string of the molecule is CCCN1CCOC(C(Cc2ccsc2)NC)C1. The van der Waals surface area contributed by atoms with E-state index < -0.39 is 0 Å². The quantitative estimate of drug-likeness (QED) is 0.854. The Kier molecular flexibility index (Phi) is 5.63. The number of rotatable bonds is 6. The fourth-order valence-corrected chi connectivity index (χ4v) is 3.26. The van der Waals surface area contributed by atoms with Gasteiger partial charge in [0, 0.05) is 19.1 Å². The van der Waals surface area contributed by atoms with Crippen LogP contribution in [-0.2, 0) is 11.2 Å².